The Balaban J connectivity index is 2.06. The van der Waals surface area contributed by atoms with Crippen molar-refractivity contribution in [3.8, 4) is 5.75 Å². The zero-order valence-corrected chi connectivity index (χ0v) is 19.1. The van der Waals surface area contributed by atoms with Gasteiger partial charge >= 0.3 is 5.97 Å². The molecule has 1 unspecified atom stereocenters. The number of rotatable bonds is 6. The van der Waals surface area contributed by atoms with E-state index < -0.39 is 12.0 Å². The lowest BCUT2D eigenvalue weighted by Gasteiger charge is -2.12. The number of carboxylic acid groups (broad SMARTS) is 1. The number of carboxylic acids is 1. The molecular formula is C22H20BrClN2O5. The normalized spacial score (nSPS) is 12.0. The predicted octanol–water partition coefficient (Wildman–Crippen LogP) is 4.28. The topological polar surface area (TPSA) is 109 Å². The second-order valence-corrected chi connectivity index (χ2v) is 8.60. The van der Waals surface area contributed by atoms with Crippen molar-refractivity contribution in [3.63, 3.8) is 0 Å². The smallest absolute Gasteiger partial charge is 0.305 e. The zero-order chi connectivity index (χ0) is 22.9. The molecule has 0 aliphatic heterocycles. The molecule has 0 spiro atoms. The van der Waals surface area contributed by atoms with Crippen LogP contribution in [0.15, 0.2) is 40.9 Å². The molecule has 31 heavy (non-hydrogen) atoms. The Morgan fingerprint density at radius 3 is 2.45 bits per heavy atom. The lowest BCUT2D eigenvalue weighted by Crippen LogP contribution is -2.35. The van der Waals surface area contributed by atoms with Crippen molar-refractivity contribution < 1.29 is 24.6 Å². The molecule has 3 rings (SSSR count). The molecule has 3 N–H and O–H groups in total. The quantitative estimate of drug-likeness (QED) is 0.461. The first-order valence-corrected chi connectivity index (χ1v) is 10.6. The molecule has 1 heterocycles. The first-order chi connectivity index (χ1) is 14.6. The van der Waals surface area contributed by atoms with Crippen molar-refractivity contribution in [2.24, 2.45) is 0 Å². The molecule has 0 saturated carbocycles. The number of aromatic hydroxyl groups is 1. The first kappa shape index (κ1) is 22.8. The van der Waals surface area contributed by atoms with Crippen molar-refractivity contribution in [2.75, 3.05) is 0 Å². The van der Waals surface area contributed by atoms with E-state index in [9.17, 15) is 19.5 Å². The highest BCUT2D eigenvalue weighted by Gasteiger charge is 2.23. The Morgan fingerprint density at radius 2 is 1.84 bits per heavy atom. The number of fused-ring (bicyclic) bond motifs is 1. The number of hydrogen-bond donors (Lipinski definition) is 3. The minimum atomic E-state index is -1.01. The molecule has 9 heteroatoms. The third kappa shape index (κ3) is 4.91. The number of phenolic OH excluding ortho intramolecular Hbond substituents is 1. The second-order valence-electron chi connectivity index (χ2n) is 7.28. The van der Waals surface area contributed by atoms with E-state index in [1.165, 1.54) is 16.7 Å². The Morgan fingerprint density at radius 1 is 1.19 bits per heavy atom. The third-order valence-corrected chi connectivity index (χ3v) is 5.75. The number of hydrogen-bond acceptors (Lipinski definition) is 4. The number of carbonyl (C=O) groups is 3. The fourth-order valence-electron chi connectivity index (χ4n) is 3.49. The monoisotopic (exact) mass is 506 g/mol. The maximum atomic E-state index is 13.3. The van der Waals surface area contributed by atoms with E-state index in [4.69, 9.17) is 16.7 Å². The van der Waals surface area contributed by atoms with Gasteiger partial charge < -0.3 is 15.5 Å². The van der Waals surface area contributed by atoms with E-state index in [1.54, 1.807) is 38.1 Å². The second kappa shape index (κ2) is 9.11. The maximum Gasteiger partial charge on any atom is 0.305 e. The summed E-state index contributed by atoms with van der Waals surface area (Å²) >= 11 is 9.44. The summed E-state index contributed by atoms with van der Waals surface area (Å²) in [5.41, 5.74) is 1.99. The standard InChI is InChI=1S/C22H20BrClN2O5/c1-11(7-21(29)30)25-20(28)9-15-12(2)26(18-10-17(24)19(27)8-16(15)18)22(31)13-3-5-14(23)6-4-13/h3-6,8,10-11,27H,7,9H2,1-2H3,(H,25,28)(H,29,30). The van der Waals surface area contributed by atoms with E-state index in [2.05, 4.69) is 21.2 Å². The van der Waals surface area contributed by atoms with Crippen LogP contribution in [-0.2, 0) is 16.0 Å². The SMILES string of the molecule is Cc1c(CC(=O)NC(C)CC(=O)O)c2cc(O)c(Cl)cc2n1C(=O)c1ccc(Br)cc1. The number of amides is 1. The molecule has 0 saturated heterocycles. The van der Waals surface area contributed by atoms with Crippen LogP contribution in [0.5, 0.6) is 5.75 Å². The molecule has 1 atom stereocenters. The Kier molecular flexibility index (Phi) is 6.71. The van der Waals surface area contributed by atoms with Gasteiger partial charge in [-0.2, -0.15) is 0 Å². The lowest BCUT2D eigenvalue weighted by molar-refractivity contribution is -0.137. The van der Waals surface area contributed by atoms with Gasteiger partial charge in [0.15, 0.2) is 0 Å². The zero-order valence-electron chi connectivity index (χ0n) is 16.8. The van der Waals surface area contributed by atoms with Crippen LogP contribution in [0.4, 0.5) is 0 Å². The Bertz CT molecular complexity index is 1190. The van der Waals surface area contributed by atoms with Gasteiger partial charge in [-0.25, -0.2) is 0 Å². The highest BCUT2D eigenvalue weighted by molar-refractivity contribution is 9.10. The van der Waals surface area contributed by atoms with Gasteiger partial charge in [-0.3, -0.25) is 19.0 Å². The number of halogens is 2. The predicted molar refractivity (Wildman–Crippen MR) is 121 cm³/mol. The van der Waals surface area contributed by atoms with Gasteiger partial charge in [0, 0.05) is 27.2 Å². The van der Waals surface area contributed by atoms with Crippen molar-refractivity contribution in [2.45, 2.75) is 32.7 Å². The average molecular weight is 508 g/mol. The summed E-state index contributed by atoms with van der Waals surface area (Å²) < 4.78 is 2.30. The molecule has 0 fully saturated rings. The molecule has 7 nitrogen and oxygen atoms in total. The van der Waals surface area contributed by atoms with E-state index in [-0.39, 0.29) is 35.4 Å². The molecular weight excluding hydrogens is 488 g/mol. The molecule has 2 aromatic carbocycles. The first-order valence-electron chi connectivity index (χ1n) is 9.42. The van der Waals surface area contributed by atoms with Crippen LogP contribution >= 0.6 is 27.5 Å². The van der Waals surface area contributed by atoms with Crippen LogP contribution < -0.4 is 5.32 Å². The summed E-state index contributed by atoms with van der Waals surface area (Å²) in [6.45, 7) is 3.32. The van der Waals surface area contributed by atoms with Gasteiger partial charge in [0.2, 0.25) is 5.91 Å². The van der Waals surface area contributed by atoms with Crippen LogP contribution in [-0.4, -0.2) is 38.6 Å². The number of phenols is 1. The fourth-order valence-corrected chi connectivity index (χ4v) is 3.92. The highest BCUT2D eigenvalue weighted by atomic mass is 79.9. The molecule has 1 amide bonds. The Hall–Kier alpha value is -2.84. The minimum absolute atomic E-state index is 0.0842. The van der Waals surface area contributed by atoms with E-state index in [0.717, 1.165) is 4.47 Å². The van der Waals surface area contributed by atoms with Crippen molar-refractivity contribution >= 4 is 56.2 Å². The van der Waals surface area contributed by atoms with Gasteiger partial charge in [0.05, 0.1) is 23.4 Å². The summed E-state index contributed by atoms with van der Waals surface area (Å²) in [5.74, 6) is -1.87. The van der Waals surface area contributed by atoms with Gasteiger partial charge in [-0.1, -0.05) is 27.5 Å². The molecule has 0 bridgehead atoms. The number of nitrogens with zero attached hydrogens (tertiary/aromatic N) is 1. The van der Waals surface area contributed by atoms with Crippen LogP contribution in [0.1, 0.15) is 35.0 Å². The summed E-state index contributed by atoms with van der Waals surface area (Å²) in [7, 11) is 0. The van der Waals surface area contributed by atoms with Crippen LogP contribution in [0, 0.1) is 6.92 Å². The number of aromatic nitrogens is 1. The van der Waals surface area contributed by atoms with Crippen molar-refractivity contribution in [3.05, 3.63) is 62.7 Å². The number of carbonyl (C=O) groups excluding carboxylic acids is 2. The van der Waals surface area contributed by atoms with Gasteiger partial charge in [0.1, 0.15) is 5.75 Å². The van der Waals surface area contributed by atoms with Gasteiger partial charge in [-0.15, -0.1) is 0 Å². The molecule has 0 aliphatic carbocycles. The summed E-state index contributed by atoms with van der Waals surface area (Å²) in [4.78, 5) is 36.7. The fraction of sp³-hybridized carbons (Fsp3) is 0.227. The maximum absolute atomic E-state index is 13.3. The van der Waals surface area contributed by atoms with Crippen LogP contribution in [0.2, 0.25) is 5.02 Å². The highest BCUT2D eigenvalue weighted by Crippen LogP contribution is 2.35. The van der Waals surface area contributed by atoms with Crippen molar-refractivity contribution in [1.82, 2.24) is 9.88 Å². The van der Waals surface area contributed by atoms with Crippen LogP contribution in [0.25, 0.3) is 10.9 Å². The number of nitrogens with one attached hydrogen (secondary N) is 1. The van der Waals surface area contributed by atoms with Gasteiger partial charge in [0.25, 0.3) is 5.91 Å². The van der Waals surface area contributed by atoms with Crippen LogP contribution in [0.3, 0.4) is 0 Å². The molecule has 0 radical (unpaired) electrons. The largest absolute Gasteiger partial charge is 0.506 e. The summed E-state index contributed by atoms with van der Waals surface area (Å²) in [6, 6.07) is 9.24. The van der Waals surface area contributed by atoms with Crippen molar-refractivity contribution in [1.29, 1.82) is 0 Å². The van der Waals surface area contributed by atoms with E-state index >= 15 is 0 Å². The number of benzene rings is 2. The summed E-state index contributed by atoms with van der Waals surface area (Å²) in [5, 5.41) is 22.2. The van der Waals surface area contributed by atoms with E-state index in [1.807, 2.05) is 0 Å². The molecule has 162 valence electrons. The number of aliphatic carboxylic acids is 1. The molecule has 1 aromatic heterocycles. The minimum Gasteiger partial charge on any atom is -0.506 e. The molecule has 3 aromatic rings. The van der Waals surface area contributed by atoms with E-state index in [0.29, 0.717) is 27.7 Å². The molecule has 0 aliphatic rings. The average Bonchev–Trinajstić information content (AvgIpc) is 2.92. The summed E-state index contributed by atoms with van der Waals surface area (Å²) in [6.07, 6.45) is -0.293. The lowest BCUT2D eigenvalue weighted by atomic mass is 10.1. The van der Waals surface area contributed by atoms with Gasteiger partial charge in [-0.05, 0) is 55.8 Å². The Labute approximate surface area is 191 Å². The third-order valence-electron chi connectivity index (χ3n) is 4.92.